The minimum absolute atomic E-state index is 0.0935. The van der Waals surface area contributed by atoms with Crippen LogP contribution in [0.4, 0.5) is 5.69 Å². The Hall–Kier alpha value is -1.89. The van der Waals surface area contributed by atoms with Crippen LogP contribution < -0.4 is 10.6 Å². The summed E-state index contributed by atoms with van der Waals surface area (Å²) in [6, 6.07) is 1.94. The highest BCUT2D eigenvalue weighted by Crippen LogP contribution is 2.19. The summed E-state index contributed by atoms with van der Waals surface area (Å²) in [6.07, 6.45) is 5.16. The zero-order chi connectivity index (χ0) is 13.8. The molecular formula is C12H18N4O3. The molecule has 1 aliphatic carbocycles. The molecule has 19 heavy (non-hydrogen) atoms. The van der Waals surface area contributed by atoms with Gasteiger partial charge in [-0.1, -0.05) is 0 Å². The first-order chi connectivity index (χ1) is 9.10. The molecule has 0 aromatic carbocycles. The molecule has 1 saturated carbocycles. The Morgan fingerprint density at radius 3 is 2.53 bits per heavy atom. The molecular weight excluding hydrogens is 248 g/mol. The summed E-state index contributed by atoms with van der Waals surface area (Å²) in [5, 5.41) is 16.7. The molecule has 0 saturated heterocycles. The quantitative estimate of drug-likeness (QED) is 0.562. The summed E-state index contributed by atoms with van der Waals surface area (Å²) in [4.78, 5) is 24.6. The molecule has 1 fully saturated rings. The van der Waals surface area contributed by atoms with Gasteiger partial charge >= 0.3 is 0 Å². The maximum atomic E-state index is 11.9. The van der Waals surface area contributed by atoms with Gasteiger partial charge in [0.15, 0.2) is 0 Å². The SMILES string of the molecule is CNC1CCC(NC(=O)c2cc([N+](=O)[O-])c[nH]2)CC1. The number of aromatic amines is 1. The van der Waals surface area contributed by atoms with Crippen LogP contribution in [0.2, 0.25) is 0 Å². The van der Waals surface area contributed by atoms with Gasteiger partial charge in [0.1, 0.15) is 5.69 Å². The van der Waals surface area contributed by atoms with E-state index in [4.69, 9.17) is 0 Å². The summed E-state index contributed by atoms with van der Waals surface area (Å²) >= 11 is 0. The lowest BCUT2D eigenvalue weighted by Gasteiger charge is -2.28. The topological polar surface area (TPSA) is 100 Å². The summed E-state index contributed by atoms with van der Waals surface area (Å²) in [5.41, 5.74) is 0.145. The number of hydrogen-bond donors (Lipinski definition) is 3. The molecule has 2 rings (SSSR count). The number of aromatic nitrogens is 1. The van der Waals surface area contributed by atoms with E-state index in [0.29, 0.717) is 6.04 Å². The van der Waals surface area contributed by atoms with Gasteiger partial charge in [-0.15, -0.1) is 0 Å². The van der Waals surface area contributed by atoms with Gasteiger partial charge in [-0.2, -0.15) is 0 Å². The average Bonchev–Trinajstić information content (AvgIpc) is 2.89. The summed E-state index contributed by atoms with van der Waals surface area (Å²) in [5.74, 6) is -0.277. The van der Waals surface area contributed by atoms with Crippen molar-refractivity contribution in [3.05, 3.63) is 28.1 Å². The largest absolute Gasteiger partial charge is 0.351 e. The van der Waals surface area contributed by atoms with Gasteiger partial charge in [0, 0.05) is 18.2 Å². The lowest BCUT2D eigenvalue weighted by atomic mass is 9.91. The second kappa shape index (κ2) is 5.83. The smallest absolute Gasteiger partial charge is 0.287 e. The van der Waals surface area contributed by atoms with E-state index >= 15 is 0 Å². The van der Waals surface area contributed by atoms with Crippen molar-refractivity contribution in [3.63, 3.8) is 0 Å². The Morgan fingerprint density at radius 2 is 2.00 bits per heavy atom. The maximum absolute atomic E-state index is 11.9. The number of carbonyl (C=O) groups is 1. The van der Waals surface area contributed by atoms with Crippen LogP contribution in [0, 0.1) is 10.1 Å². The van der Waals surface area contributed by atoms with Crippen LogP contribution in [-0.2, 0) is 0 Å². The molecule has 0 aliphatic heterocycles. The second-order valence-electron chi connectivity index (χ2n) is 4.84. The van der Waals surface area contributed by atoms with E-state index in [9.17, 15) is 14.9 Å². The van der Waals surface area contributed by atoms with Crippen molar-refractivity contribution in [1.82, 2.24) is 15.6 Å². The number of H-pyrrole nitrogens is 1. The molecule has 0 bridgehead atoms. The van der Waals surface area contributed by atoms with Crippen LogP contribution in [0.25, 0.3) is 0 Å². The Morgan fingerprint density at radius 1 is 1.37 bits per heavy atom. The van der Waals surface area contributed by atoms with E-state index < -0.39 is 4.92 Å². The van der Waals surface area contributed by atoms with Crippen LogP contribution in [0.15, 0.2) is 12.3 Å². The normalized spacial score (nSPS) is 23.0. The number of nitro groups is 1. The minimum atomic E-state index is -0.522. The lowest BCUT2D eigenvalue weighted by molar-refractivity contribution is -0.384. The van der Waals surface area contributed by atoms with Crippen molar-refractivity contribution in [2.75, 3.05) is 7.05 Å². The highest BCUT2D eigenvalue weighted by molar-refractivity contribution is 5.93. The van der Waals surface area contributed by atoms with E-state index in [1.165, 1.54) is 12.3 Å². The van der Waals surface area contributed by atoms with E-state index in [1.807, 2.05) is 7.05 Å². The summed E-state index contributed by atoms with van der Waals surface area (Å²) < 4.78 is 0. The van der Waals surface area contributed by atoms with Crippen molar-refractivity contribution in [1.29, 1.82) is 0 Å². The van der Waals surface area contributed by atoms with Gasteiger partial charge in [0.2, 0.25) is 0 Å². The third kappa shape index (κ3) is 3.31. The van der Waals surface area contributed by atoms with Crippen molar-refractivity contribution in [2.45, 2.75) is 37.8 Å². The summed E-state index contributed by atoms with van der Waals surface area (Å²) in [7, 11) is 1.95. The van der Waals surface area contributed by atoms with E-state index in [1.54, 1.807) is 0 Å². The Balaban J connectivity index is 1.88. The van der Waals surface area contributed by atoms with Crippen molar-refractivity contribution in [2.24, 2.45) is 0 Å². The molecule has 0 atom stereocenters. The second-order valence-corrected chi connectivity index (χ2v) is 4.84. The Bertz CT molecular complexity index is 463. The van der Waals surface area contributed by atoms with Crippen molar-refractivity contribution >= 4 is 11.6 Å². The molecule has 1 aromatic rings. The predicted octanol–water partition coefficient (Wildman–Crippen LogP) is 1.18. The summed E-state index contributed by atoms with van der Waals surface area (Å²) in [6.45, 7) is 0. The maximum Gasteiger partial charge on any atom is 0.287 e. The average molecular weight is 266 g/mol. The number of rotatable bonds is 4. The van der Waals surface area contributed by atoms with Crippen LogP contribution >= 0.6 is 0 Å². The fourth-order valence-electron chi connectivity index (χ4n) is 2.41. The lowest BCUT2D eigenvalue weighted by Crippen LogP contribution is -2.41. The van der Waals surface area contributed by atoms with Crippen LogP contribution in [-0.4, -0.2) is 34.9 Å². The number of carbonyl (C=O) groups excluding carboxylic acids is 1. The van der Waals surface area contributed by atoms with Gasteiger partial charge in [0.25, 0.3) is 11.6 Å². The first-order valence-electron chi connectivity index (χ1n) is 6.41. The molecule has 1 aliphatic rings. The van der Waals surface area contributed by atoms with Gasteiger partial charge in [-0.05, 0) is 32.7 Å². The molecule has 1 amide bonds. The van der Waals surface area contributed by atoms with Crippen LogP contribution in [0.3, 0.4) is 0 Å². The van der Waals surface area contributed by atoms with Gasteiger partial charge < -0.3 is 15.6 Å². The van der Waals surface area contributed by atoms with Crippen molar-refractivity contribution in [3.8, 4) is 0 Å². The fraction of sp³-hybridized carbons (Fsp3) is 0.583. The molecule has 1 heterocycles. The van der Waals surface area contributed by atoms with Crippen LogP contribution in [0.5, 0.6) is 0 Å². The minimum Gasteiger partial charge on any atom is -0.351 e. The molecule has 0 spiro atoms. The van der Waals surface area contributed by atoms with Gasteiger partial charge in [0.05, 0.1) is 11.1 Å². The molecule has 7 heteroatoms. The fourth-order valence-corrected chi connectivity index (χ4v) is 2.41. The van der Waals surface area contributed by atoms with E-state index in [2.05, 4.69) is 15.6 Å². The molecule has 3 N–H and O–H groups in total. The first kappa shape index (κ1) is 13.5. The highest BCUT2D eigenvalue weighted by atomic mass is 16.6. The molecule has 104 valence electrons. The molecule has 1 aromatic heterocycles. The number of amides is 1. The van der Waals surface area contributed by atoms with Gasteiger partial charge in [-0.25, -0.2) is 0 Å². The van der Waals surface area contributed by atoms with Gasteiger partial charge in [-0.3, -0.25) is 14.9 Å². The van der Waals surface area contributed by atoms with E-state index in [-0.39, 0.29) is 23.3 Å². The third-order valence-electron chi connectivity index (χ3n) is 3.59. The monoisotopic (exact) mass is 266 g/mol. The molecule has 0 unspecified atom stereocenters. The van der Waals surface area contributed by atoms with Crippen LogP contribution in [0.1, 0.15) is 36.2 Å². The first-order valence-corrected chi connectivity index (χ1v) is 6.41. The standard InChI is InChI=1S/C12H18N4O3/c1-13-8-2-4-9(5-3-8)15-12(17)11-6-10(7-14-11)16(18)19/h6-9,13-14H,2-5H2,1H3,(H,15,17). The van der Waals surface area contributed by atoms with E-state index in [0.717, 1.165) is 25.7 Å². The zero-order valence-electron chi connectivity index (χ0n) is 10.8. The number of nitrogens with one attached hydrogen (secondary N) is 3. The Labute approximate surface area is 110 Å². The molecule has 7 nitrogen and oxygen atoms in total. The van der Waals surface area contributed by atoms with Crippen molar-refractivity contribution < 1.29 is 9.72 Å². The third-order valence-corrected chi connectivity index (χ3v) is 3.59. The zero-order valence-corrected chi connectivity index (χ0v) is 10.8. The Kier molecular flexibility index (Phi) is 4.16. The highest BCUT2D eigenvalue weighted by Gasteiger charge is 2.23. The number of hydrogen-bond acceptors (Lipinski definition) is 4. The molecule has 0 radical (unpaired) electrons. The predicted molar refractivity (Wildman–Crippen MR) is 70.0 cm³/mol. The number of nitrogens with zero attached hydrogens (tertiary/aromatic N) is 1.